The number of carbonyl (C=O) groups is 2. The van der Waals surface area contributed by atoms with E-state index in [0.29, 0.717) is 13.1 Å². The summed E-state index contributed by atoms with van der Waals surface area (Å²) in [6.45, 7) is 7.09. The fraction of sp³-hybridized carbons (Fsp3) is 0.524. The van der Waals surface area contributed by atoms with Crippen molar-refractivity contribution >= 4 is 17.6 Å². The molecular formula is C21H25N2O3-. The lowest BCUT2D eigenvalue weighted by atomic mass is 9.82. The predicted molar refractivity (Wildman–Crippen MR) is 97.4 cm³/mol. The second-order valence-electron chi connectivity index (χ2n) is 7.85. The van der Waals surface area contributed by atoms with Gasteiger partial charge in [0.25, 0.3) is 0 Å². The summed E-state index contributed by atoms with van der Waals surface area (Å²) in [4.78, 5) is 28.8. The highest BCUT2D eigenvalue weighted by atomic mass is 16.4. The summed E-state index contributed by atoms with van der Waals surface area (Å²) in [6.07, 6.45) is 4.75. The Morgan fingerprint density at radius 3 is 2.31 bits per heavy atom. The Bertz CT molecular complexity index is 765. The maximum Gasteiger partial charge on any atom is 0.227 e. The van der Waals surface area contributed by atoms with Crippen molar-refractivity contribution in [1.82, 2.24) is 4.90 Å². The first-order valence-electron chi connectivity index (χ1n) is 9.46. The highest BCUT2D eigenvalue weighted by Crippen LogP contribution is 2.48. The van der Waals surface area contributed by atoms with Crippen LogP contribution in [-0.4, -0.2) is 43.0 Å². The number of fused-ring (bicyclic) bond motifs is 2. The maximum atomic E-state index is 13.1. The first-order chi connectivity index (χ1) is 12.5. The number of hydrogen-bond acceptors (Lipinski definition) is 4. The molecule has 2 bridgehead atoms. The molecule has 4 atom stereocenters. The molecule has 3 aliphatic rings. The van der Waals surface area contributed by atoms with Gasteiger partial charge in [-0.2, -0.15) is 0 Å². The number of piperazine rings is 1. The number of carboxylic acid groups (broad SMARTS) is 1. The largest absolute Gasteiger partial charge is 0.550 e. The molecule has 26 heavy (non-hydrogen) atoms. The molecule has 0 spiro atoms. The maximum absolute atomic E-state index is 13.1. The van der Waals surface area contributed by atoms with Crippen LogP contribution in [0.5, 0.6) is 0 Å². The number of aryl methyl sites for hydroxylation is 1. The lowest BCUT2D eigenvalue weighted by Crippen LogP contribution is -2.53. The monoisotopic (exact) mass is 353 g/mol. The molecule has 1 saturated heterocycles. The van der Waals surface area contributed by atoms with E-state index < -0.39 is 17.8 Å². The van der Waals surface area contributed by atoms with E-state index in [1.165, 1.54) is 16.8 Å². The van der Waals surface area contributed by atoms with Crippen LogP contribution < -0.4 is 10.0 Å². The van der Waals surface area contributed by atoms with E-state index in [0.717, 1.165) is 19.5 Å². The SMILES string of the molecule is Cc1cccc(N2CCN(C(=O)[C@H]3[C@@H](C(=O)[O-])[C@@H]4C=C[C@@H]3C4)CC2)c1C. The van der Waals surface area contributed by atoms with Crippen LogP contribution in [0.4, 0.5) is 5.69 Å². The van der Waals surface area contributed by atoms with Crippen molar-refractivity contribution < 1.29 is 14.7 Å². The van der Waals surface area contributed by atoms with Crippen LogP contribution in [0.25, 0.3) is 0 Å². The summed E-state index contributed by atoms with van der Waals surface area (Å²) in [5.74, 6) is -2.15. The van der Waals surface area contributed by atoms with E-state index in [-0.39, 0.29) is 17.7 Å². The molecule has 1 amide bonds. The number of allylic oxidation sites excluding steroid dienone is 2. The lowest BCUT2D eigenvalue weighted by molar-refractivity contribution is -0.313. The van der Waals surface area contributed by atoms with Gasteiger partial charge in [-0.1, -0.05) is 24.3 Å². The summed E-state index contributed by atoms with van der Waals surface area (Å²) in [5.41, 5.74) is 3.78. The number of rotatable bonds is 3. The van der Waals surface area contributed by atoms with E-state index in [4.69, 9.17) is 0 Å². The molecule has 0 N–H and O–H groups in total. The molecule has 138 valence electrons. The van der Waals surface area contributed by atoms with Gasteiger partial charge in [-0.3, -0.25) is 4.79 Å². The van der Waals surface area contributed by atoms with Gasteiger partial charge < -0.3 is 19.7 Å². The van der Waals surface area contributed by atoms with Crippen LogP contribution in [0.2, 0.25) is 0 Å². The van der Waals surface area contributed by atoms with Gasteiger partial charge >= 0.3 is 0 Å². The zero-order valence-corrected chi connectivity index (χ0v) is 15.4. The molecule has 5 nitrogen and oxygen atoms in total. The summed E-state index contributed by atoms with van der Waals surface area (Å²) in [7, 11) is 0. The topological polar surface area (TPSA) is 63.7 Å². The van der Waals surface area contributed by atoms with Crippen LogP contribution >= 0.6 is 0 Å². The number of hydrogen-bond donors (Lipinski definition) is 0. The Labute approximate surface area is 154 Å². The third kappa shape index (κ3) is 2.70. The fourth-order valence-corrected chi connectivity index (χ4v) is 4.94. The van der Waals surface area contributed by atoms with Crippen molar-refractivity contribution in [2.75, 3.05) is 31.1 Å². The molecule has 1 heterocycles. The minimum atomic E-state index is -1.07. The Balaban J connectivity index is 1.45. The quantitative estimate of drug-likeness (QED) is 0.765. The van der Waals surface area contributed by atoms with E-state index in [1.807, 2.05) is 17.1 Å². The van der Waals surface area contributed by atoms with Crippen LogP contribution in [-0.2, 0) is 9.59 Å². The second-order valence-corrected chi connectivity index (χ2v) is 7.85. The minimum Gasteiger partial charge on any atom is -0.550 e. The van der Waals surface area contributed by atoms with Crippen LogP contribution in [0.15, 0.2) is 30.4 Å². The van der Waals surface area contributed by atoms with Crippen molar-refractivity contribution in [2.24, 2.45) is 23.7 Å². The number of anilines is 1. The molecule has 2 aliphatic carbocycles. The van der Waals surface area contributed by atoms with Crippen LogP contribution in [0.3, 0.4) is 0 Å². The summed E-state index contributed by atoms with van der Waals surface area (Å²) in [6, 6.07) is 6.31. The smallest absolute Gasteiger partial charge is 0.227 e. The van der Waals surface area contributed by atoms with E-state index in [2.05, 4.69) is 36.9 Å². The van der Waals surface area contributed by atoms with Gasteiger partial charge in [-0.15, -0.1) is 0 Å². The second kappa shape index (κ2) is 6.45. The van der Waals surface area contributed by atoms with Gasteiger partial charge in [0.2, 0.25) is 5.91 Å². The third-order valence-corrected chi connectivity index (χ3v) is 6.52. The van der Waals surface area contributed by atoms with Crippen molar-refractivity contribution in [3.63, 3.8) is 0 Å². The lowest BCUT2D eigenvalue weighted by Gasteiger charge is -2.40. The first kappa shape index (κ1) is 17.1. The molecule has 1 aliphatic heterocycles. The van der Waals surface area contributed by atoms with Crippen molar-refractivity contribution in [2.45, 2.75) is 20.3 Å². The molecule has 0 unspecified atom stereocenters. The van der Waals surface area contributed by atoms with Gasteiger partial charge in [0.05, 0.1) is 5.92 Å². The van der Waals surface area contributed by atoms with Gasteiger partial charge in [0.1, 0.15) is 0 Å². The normalized spacial score (nSPS) is 30.1. The first-order valence-corrected chi connectivity index (χ1v) is 9.46. The minimum absolute atomic E-state index is 0.00309. The van der Waals surface area contributed by atoms with Gasteiger partial charge in [-0.05, 0) is 49.3 Å². The molecule has 5 heteroatoms. The van der Waals surface area contributed by atoms with E-state index in [1.54, 1.807) is 0 Å². The summed E-state index contributed by atoms with van der Waals surface area (Å²) < 4.78 is 0. The fourth-order valence-electron chi connectivity index (χ4n) is 4.94. The third-order valence-electron chi connectivity index (χ3n) is 6.52. The number of nitrogens with zero attached hydrogens (tertiary/aromatic N) is 2. The molecular weight excluding hydrogens is 328 g/mol. The highest BCUT2D eigenvalue weighted by molar-refractivity contribution is 5.86. The standard InChI is InChI=1S/C21H26N2O3/c1-13-4-3-5-17(14(13)2)22-8-10-23(11-9-22)20(24)18-15-6-7-16(12-15)19(18)21(25)26/h3-7,15-16,18-19H,8-12H2,1-2H3,(H,25,26)/p-1/t15-,16-,18-,19+/m1/s1. The predicted octanol–water partition coefficient (Wildman–Crippen LogP) is 1.14. The van der Waals surface area contributed by atoms with Crippen LogP contribution in [0, 0.1) is 37.5 Å². The van der Waals surface area contributed by atoms with E-state index >= 15 is 0 Å². The van der Waals surface area contributed by atoms with Gasteiger partial charge in [0, 0.05) is 43.8 Å². The number of amides is 1. The number of carbonyl (C=O) groups excluding carboxylic acids is 2. The zero-order valence-electron chi connectivity index (χ0n) is 15.4. The zero-order chi connectivity index (χ0) is 18.4. The highest BCUT2D eigenvalue weighted by Gasteiger charge is 2.50. The van der Waals surface area contributed by atoms with Crippen molar-refractivity contribution in [1.29, 1.82) is 0 Å². The average molecular weight is 353 g/mol. The molecule has 4 rings (SSSR count). The molecule has 0 aromatic heterocycles. The van der Waals surface area contributed by atoms with Gasteiger partial charge in [-0.25, -0.2) is 0 Å². The average Bonchev–Trinajstić information content (AvgIpc) is 3.25. The van der Waals surface area contributed by atoms with E-state index in [9.17, 15) is 14.7 Å². The number of aliphatic carboxylic acids is 1. The van der Waals surface area contributed by atoms with Crippen LogP contribution in [0.1, 0.15) is 17.5 Å². The number of benzene rings is 1. The molecule has 1 aromatic carbocycles. The Kier molecular flexibility index (Phi) is 4.25. The molecule has 2 fully saturated rings. The summed E-state index contributed by atoms with van der Waals surface area (Å²) >= 11 is 0. The Morgan fingerprint density at radius 1 is 1.00 bits per heavy atom. The summed E-state index contributed by atoms with van der Waals surface area (Å²) in [5, 5.41) is 11.6. The molecule has 0 radical (unpaired) electrons. The molecule has 1 aromatic rings. The Hall–Kier alpha value is -2.30. The number of carboxylic acids is 1. The van der Waals surface area contributed by atoms with Crippen molar-refractivity contribution in [3.05, 3.63) is 41.5 Å². The molecule has 1 saturated carbocycles. The van der Waals surface area contributed by atoms with Crippen molar-refractivity contribution in [3.8, 4) is 0 Å². The van der Waals surface area contributed by atoms with Gasteiger partial charge in [0.15, 0.2) is 0 Å². The Morgan fingerprint density at radius 2 is 1.65 bits per heavy atom.